The number of aryl methyl sites for hydroxylation is 1. The first kappa shape index (κ1) is 12.9. The number of hydrogen-bond donors (Lipinski definition) is 1. The molecule has 1 heterocycles. The van der Waals surface area contributed by atoms with Crippen molar-refractivity contribution in [2.24, 2.45) is 0 Å². The third-order valence-electron chi connectivity index (χ3n) is 3.19. The van der Waals surface area contributed by atoms with Gasteiger partial charge in [0, 0.05) is 16.1 Å². The van der Waals surface area contributed by atoms with Crippen molar-refractivity contribution in [3.8, 4) is 16.9 Å². The van der Waals surface area contributed by atoms with E-state index in [0.717, 1.165) is 21.4 Å². The van der Waals surface area contributed by atoms with E-state index in [4.69, 9.17) is 5.73 Å². The Hall–Kier alpha value is -2.07. The summed E-state index contributed by atoms with van der Waals surface area (Å²) in [6.45, 7) is 2.06. The van der Waals surface area contributed by atoms with Crippen LogP contribution in [0.5, 0.6) is 0 Å². The SMILES string of the molecule is Cc1cc(-c2cc(N)n(-c3ccccc3)n2)ccc1Br. The molecule has 0 saturated carbocycles. The number of halogens is 1. The highest BCUT2D eigenvalue weighted by atomic mass is 79.9. The van der Waals surface area contributed by atoms with Gasteiger partial charge in [-0.15, -0.1) is 0 Å². The molecule has 100 valence electrons. The smallest absolute Gasteiger partial charge is 0.127 e. The van der Waals surface area contributed by atoms with Crippen molar-refractivity contribution in [3.63, 3.8) is 0 Å². The zero-order valence-electron chi connectivity index (χ0n) is 11.0. The van der Waals surface area contributed by atoms with Crippen molar-refractivity contribution in [3.05, 3.63) is 64.6 Å². The fourth-order valence-corrected chi connectivity index (χ4v) is 2.36. The minimum atomic E-state index is 0.631. The lowest BCUT2D eigenvalue weighted by Crippen LogP contribution is -2.01. The Bertz CT molecular complexity index is 748. The molecule has 0 atom stereocenters. The highest BCUT2D eigenvalue weighted by Gasteiger charge is 2.09. The number of rotatable bonds is 2. The monoisotopic (exact) mass is 327 g/mol. The quantitative estimate of drug-likeness (QED) is 0.766. The van der Waals surface area contributed by atoms with E-state index in [1.807, 2.05) is 48.5 Å². The van der Waals surface area contributed by atoms with Crippen molar-refractivity contribution in [1.29, 1.82) is 0 Å². The predicted octanol–water partition coefficient (Wildman–Crippen LogP) is 4.19. The maximum atomic E-state index is 6.07. The highest BCUT2D eigenvalue weighted by molar-refractivity contribution is 9.10. The molecular formula is C16H14BrN3. The molecule has 0 bridgehead atoms. The average Bonchev–Trinajstić information content (AvgIpc) is 2.85. The summed E-state index contributed by atoms with van der Waals surface area (Å²) in [6.07, 6.45) is 0. The lowest BCUT2D eigenvalue weighted by molar-refractivity contribution is 0.895. The van der Waals surface area contributed by atoms with Gasteiger partial charge >= 0.3 is 0 Å². The van der Waals surface area contributed by atoms with Crippen LogP contribution in [0.25, 0.3) is 16.9 Å². The van der Waals surface area contributed by atoms with E-state index in [-0.39, 0.29) is 0 Å². The second-order valence-corrected chi connectivity index (χ2v) is 5.52. The van der Waals surface area contributed by atoms with Crippen LogP contribution in [-0.4, -0.2) is 9.78 Å². The zero-order chi connectivity index (χ0) is 14.1. The molecular weight excluding hydrogens is 314 g/mol. The Labute approximate surface area is 126 Å². The van der Waals surface area contributed by atoms with Crippen LogP contribution in [0.15, 0.2) is 59.1 Å². The minimum Gasteiger partial charge on any atom is -0.384 e. The highest BCUT2D eigenvalue weighted by Crippen LogP contribution is 2.26. The molecule has 0 spiro atoms. The van der Waals surface area contributed by atoms with Gasteiger partial charge in [-0.25, -0.2) is 4.68 Å². The topological polar surface area (TPSA) is 43.8 Å². The Kier molecular flexibility index (Phi) is 3.32. The molecule has 3 aromatic rings. The average molecular weight is 328 g/mol. The van der Waals surface area contributed by atoms with Crippen molar-refractivity contribution in [2.45, 2.75) is 6.92 Å². The van der Waals surface area contributed by atoms with E-state index in [9.17, 15) is 0 Å². The molecule has 0 unspecified atom stereocenters. The van der Waals surface area contributed by atoms with Crippen LogP contribution in [0.3, 0.4) is 0 Å². The number of anilines is 1. The van der Waals surface area contributed by atoms with Gasteiger partial charge in [0.2, 0.25) is 0 Å². The standard InChI is InChI=1S/C16H14BrN3/c1-11-9-12(7-8-14(11)17)15-10-16(18)20(19-15)13-5-3-2-4-6-13/h2-10H,18H2,1H3. The summed E-state index contributed by atoms with van der Waals surface area (Å²) in [5.41, 5.74) is 10.1. The second-order valence-electron chi connectivity index (χ2n) is 4.67. The fourth-order valence-electron chi connectivity index (χ4n) is 2.12. The summed E-state index contributed by atoms with van der Waals surface area (Å²) in [7, 11) is 0. The molecule has 0 saturated heterocycles. The van der Waals surface area contributed by atoms with E-state index in [0.29, 0.717) is 5.82 Å². The van der Waals surface area contributed by atoms with Gasteiger partial charge < -0.3 is 5.73 Å². The largest absolute Gasteiger partial charge is 0.384 e. The van der Waals surface area contributed by atoms with Gasteiger partial charge in [0.1, 0.15) is 5.82 Å². The molecule has 0 aliphatic carbocycles. The zero-order valence-corrected chi connectivity index (χ0v) is 12.6. The van der Waals surface area contributed by atoms with Gasteiger partial charge in [-0.05, 0) is 36.8 Å². The maximum Gasteiger partial charge on any atom is 0.127 e. The Morgan fingerprint density at radius 1 is 1.05 bits per heavy atom. The van der Waals surface area contributed by atoms with Gasteiger partial charge in [-0.1, -0.05) is 40.2 Å². The number of nitrogens with zero attached hydrogens (tertiary/aromatic N) is 2. The molecule has 4 heteroatoms. The van der Waals surface area contributed by atoms with Gasteiger partial charge in [0.05, 0.1) is 11.4 Å². The molecule has 2 N–H and O–H groups in total. The lowest BCUT2D eigenvalue weighted by Gasteiger charge is -2.03. The number of hydrogen-bond acceptors (Lipinski definition) is 2. The molecule has 2 aromatic carbocycles. The first-order chi connectivity index (χ1) is 9.65. The molecule has 0 aliphatic heterocycles. The van der Waals surface area contributed by atoms with Crippen LogP contribution in [0.1, 0.15) is 5.56 Å². The van der Waals surface area contributed by atoms with E-state index in [1.54, 1.807) is 4.68 Å². The van der Waals surface area contributed by atoms with Crippen molar-refractivity contribution >= 4 is 21.7 Å². The van der Waals surface area contributed by atoms with E-state index < -0.39 is 0 Å². The lowest BCUT2D eigenvalue weighted by atomic mass is 10.1. The number of para-hydroxylation sites is 1. The Morgan fingerprint density at radius 3 is 2.50 bits per heavy atom. The van der Waals surface area contributed by atoms with Crippen LogP contribution in [-0.2, 0) is 0 Å². The summed E-state index contributed by atoms with van der Waals surface area (Å²) in [5, 5.41) is 4.60. The summed E-state index contributed by atoms with van der Waals surface area (Å²) in [6, 6.07) is 18.0. The van der Waals surface area contributed by atoms with E-state index in [2.05, 4.69) is 34.0 Å². The fraction of sp³-hybridized carbons (Fsp3) is 0.0625. The van der Waals surface area contributed by atoms with Crippen LogP contribution >= 0.6 is 15.9 Å². The van der Waals surface area contributed by atoms with Crippen LogP contribution < -0.4 is 5.73 Å². The Balaban J connectivity index is 2.06. The summed E-state index contributed by atoms with van der Waals surface area (Å²) >= 11 is 3.51. The van der Waals surface area contributed by atoms with Gasteiger partial charge in [0.25, 0.3) is 0 Å². The van der Waals surface area contributed by atoms with Crippen LogP contribution in [0.2, 0.25) is 0 Å². The van der Waals surface area contributed by atoms with Crippen molar-refractivity contribution in [1.82, 2.24) is 9.78 Å². The van der Waals surface area contributed by atoms with Crippen LogP contribution in [0, 0.1) is 6.92 Å². The number of aromatic nitrogens is 2. The number of nitrogen functional groups attached to an aromatic ring is 1. The molecule has 3 nitrogen and oxygen atoms in total. The first-order valence-corrected chi connectivity index (χ1v) is 7.12. The van der Waals surface area contributed by atoms with E-state index in [1.165, 1.54) is 5.56 Å². The molecule has 0 fully saturated rings. The third kappa shape index (κ3) is 2.34. The normalized spacial score (nSPS) is 10.7. The summed E-state index contributed by atoms with van der Waals surface area (Å²) in [5.74, 6) is 0.631. The number of nitrogens with two attached hydrogens (primary N) is 1. The molecule has 0 amide bonds. The van der Waals surface area contributed by atoms with E-state index >= 15 is 0 Å². The molecule has 1 aromatic heterocycles. The maximum absolute atomic E-state index is 6.07. The summed E-state index contributed by atoms with van der Waals surface area (Å²) in [4.78, 5) is 0. The van der Waals surface area contributed by atoms with Gasteiger partial charge in [-0.3, -0.25) is 0 Å². The molecule has 3 rings (SSSR count). The second kappa shape index (κ2) is 5.13. The summed E-state index contributed by atoms with van der Waals surface area (Å²) < 4.78 is 2.85. The Morgan fingerprint density at radius 2 is 1.80 bits per heavy atom. The third-order valence-corrected chi connectivity index (χ3v) is 4.08. The van der Waals surface area contributed by atoms with Gasteiger partial charge in [0.15, 0.2) is 0 Å². The van der Waals surface area contributed by atoms with Gasteiger partial charge in [-0.2, -0.15) is 5.10 Å². The molecule has 0 aliphatic rings. The van der Waals surface area contributed by atoms with Crippen LogP contribution in [0.4, 0.5) is 5.82 Å². The van der Waals surface area contributed by atoms with Crippen molar-refractivity contribution in [2.75, 3.05) is 5.73 Å². The van der Waals surface area contributed by atoms with Crippen molar-refractivity contribution < 1.29 is 0 Å². The molecule has 0 radical (unpaired) electrons. The first-order valence-electron chi connectivity index (χ1n) is 6.32. The molecule has 20 heavy (non-hydrogen) atoms. The minimum absolute atomic E-state index is 0.631. The number of benzene rings is 2. The predicted molar refractivity (Wildman–Crippen MR) is 85.8 cm³/mol.